The van der Waals surface area contributed by atoms with E-state index < -0.39 is 28.5 Å². The number of benzene rings is 2. The molecule has 0 unspecified atom stereocenters. The van der Waals surface area contributed by atoms with Crippen LogP contribution in [0, 0.1) is 0 Å². The average molecular weight is 530 g/mol. The van der Waals surface area contributed by atoms with E-state index in [9.17, 15) is 18.0 Å². The first kappa shape index (κ1) is 27.8. The van der Waals surface area contributed by atoms with E-state index >= 15 is 0 Å². The maximum Gasteiger partial charge on any atom is 0.244 e. The molecule has 0 saturated carbocycles. The first-order chi connectivity index (χ1) is 15.8. The molecule has 1 N–H and O–H groups in total. The number of hydrogen-bond acceptors (Lipinski definition) is 5. The number of carbonyl (C=O) groups is 2. The van der Waals surface area contributed by atoms with Crippen molar-refractivity contribution in [1.29, 1.82) is 0 Å². The molecule has 2 aromatic carbocycles. The minimum atomic E-state index is -3.89. The number of nitrogens with zero attached hydrogens (tertiary/aromatic N) is 2. The summed E-state index contributed by atoms with van der Waals surface area (Å²) in [5.74, 6) is -0.345. The largest absolute Gasteiger partial charge is 0.497 e. The lowest BCUT2D eigenvalue weighted by Gasteiger charge is -2.32. The van der Waals surface area contributed by atoms with Gasteiger partial charge in [0.2, 0.25) is 21.8 Å². The molecule has 0 aliphatic carbocycles. The summed E-state index contributed by atoms with van der Waals surface area (Å²) in [6.07, 6.45) is 0.979. The van der Waals surface area contributed by atoms with Crippen LogP contribution >= 0.6 is 23.2 Å². The van der Waals surface area contributed by atoms with Gasteiger partial charge >= 0.3 is 0 Å². The Morgan fingerprint density at radius 2 is 1.76 bits per heavy atom. The summed E-state index contributed by atoms with van der Waals surface area (Å²) in [5, 5.41) is 3.20. The van der Waals surface area contributed by atoms with E-state index in [0.717, 1.165) is 10.6 Å². The molecule has 34 heavy (non-hydrogen) atoms. The molecule has 8 nitrogen and oxygen atoms in total. The number of methoxy groups -OCH3 is 1. The molecular weight excluding hydrogens is 501 g/mol. The normalized spacial score (nSPS) is 12.2. The highest BCUT2D eigenvalue weighted by atomic mass is 35.5. The molecule has 0 radical (unpaired) electrons. The first-order valence-electron chi connectivity index (χ1n) is 10.5. The van der Waals surface area contributed by atoms with Crippen LogP contribution in [0.1, 0.15) is 26.3 Å². The Labute approximate surface area is 210 Å². The van der Waals surface area contributed by atoms with E-state index in [1.54, 1.807) is 31.2 Å². The van der Waals surface area contributed by atoms with E-state index in [0.29, 0.717) is 16.3 Å². The molecule has 0 aliphatic heterocycles. The van der Waals surface area contributed by atoms with Gasteiger partial charge in [0, 0.05) is 17.6 Å². The predicted molar refractivity (Wildman–Crippen MR) is 135 cm³/mol. The SMILES string of the molecule is COc1cccc(CN(C(=O)CN(c2ccc(Cl)cc2Cl)S(C)(=O)=O)[C@H](C)C(=O)NC(C)C)c1. The molecule has 0 bridgehead atoms. The molecule has 2 aromatic rings. The topological polar surface area (TPSA) is 96.0 Å². The Hall–Kier alpha value is -2.49. The third kappa shape index (κ3) is 7.51. The van der Waals surface area contributed by atoms with Crippen molar-refractivity contribution in [2.45, 2.75) is 39.4 Å². The van der Waals surface area contributed by atoms with Crippen molar-refractivity contribution in [3.05, 3.63) is 58.1 Å². The molecule has 11 heteroatoms. The second kappa shape index (κ2) is 11.8. The van der Waals surface area contributed by atoms with Crippen LogP contribution in [0.15, 0.2) is 42.5 Å². The second-order valence-electron chi connectivity index (χ2n) is 8.08. The molecule has 0 fully saturated rings. The van der Waals surface area contributed by atoms with E-state index in [4.69, 9.17) is 27.9 Å². The van der Waals surface area contributed by atoms with E-state index in [2.05, 4.69) is 5.32 Å². The highest BCUT2D eigenvalue weighted by Gasteiger charge is 2.31. The fourth-order valence-electron chi connectivity index (χ4n) is 3.23. The van der Waals surface area contributed by atoms with E-state index in [-0.39, 0.29) is 29.2 Å². The van der Waals surface area contributed by atoms with Crippen LogP contribution < -0.4 is 14.4 Å². The van der Waals surface area contributed by atoms with Gasteiger partial charge in [-0.15, -0.1) is 0 Å². The second-order valence-corrected chi connectivity index (χ2v) is 10.8. The third-order valence-corrected chi connectivity index (χ3v) is 6.61. The number of rotatable bonds is 10. The zero-order chi connectivity index (χ0) is 25.6. The number of halogens is 2. The number of hydrogen-bond donors (Lipinski definition) is 1. The summed E-state index contributed by atoms with van der Waals surface area (Å²) in [4.78, 5) is 27.6. The number of anilines is 1. The van der Waals surface area contributed by atoms with Gasteiger partial charge in [0.25, 0.3) is 0 Å². The lowest BCUT2D eigenvalue weighted by atomic mass is 10.1. The quantitative estimate of drug-likeness (QED) is 0.506. The van der Waals surface area contributed by atoms with Gasteiger partial charge in [-0.1, -0.05) is 35.3 Å². The Morgan fingerprint density at radius 1 is 1.09 bits per heavy atom. The van der Waals surface area contributed by atoms with Crippen LogP contribution in [0.3, 0.4) is 0 Å². The third-order valence-electron chi connectivity index (χ3n) is 4.94. The molecule has 0 aliphatic rings. The standard InChI is InChI=1S/C23H29Cl2N3O5S/c1-15(2)26-23(30)16(3)27(13-17-7-6-8-19(11-17)33-4)22(29)14-28(34(5,31)32)21-10-9-18(24)12-20(21)25/h6-12,15-16H,13-14H2,1-5H3,(H,26,30)/t16-/m1/s1. The molecule has 1 atom stereocenters. The van der Waals surface area contributed by atoms with Gasteiger partial charge in [-0.25, -0.2) is 8.42 Å². The molecule has 0 saturated heterocycles. The van der Waals surface area contributed by atoms with Gasteiger partial charge < -0.3 is 15.0 Å². The van der Waals surface area contributed by atoms with Crippen LogP contribution in [-0.4, -0.2) is 57.1 Å². The van der Waals surface area contributed by atoms with Crippen LogP contribution in [-0.2, 0) is 26.2 Å². The summed E-state index contributed by atoms with van der Waals surface area (Å²) < 4.78 is 31.3. The smallest absolute Gasteiger partial charge is 0.244 e. The Morgan fingerprint density at radius 3 is 2.32 bits per heavy atom. The molecule has 0 heterocycles. The Kier molecular flexibility index (Phi) is 9.61. The number of nitrogens with one attached hydrogen (secondary N) is 1. The molecule has 186 valence electrons. The van der Waals surface area contributed by atoms with E-state index in [1.165, 1.54) is 30.2 Å². The van der Waals surface area contributed by atoms with Crippen molar-refractivity contribution in [3.63, 3.8) is 0 Å². The van der Waals surface area contributed by atoms with Gasteiger partial charge in [-0.05, 0) is 56.7 Å². The Bertz CT molecular complexity index is 1140. The average Bonchev–Trinajstić information content (AvgIpc) is 2.74. The minimum Gasteiger partial charge on any atom is -0.497 e. The summed E-state index contributed by atoms with van der Waals surface area (Å²) in [5.41, 5.74) is 0.829. The molecular formula is C23H29Cl2N3O5S. The van der Waals surface area contributed by atoms with Crippen LogP contribution in [0.2, 0.25) is 10.0 Å². The molecule has 2 rings (SSSR count). The maximum atomic E-state index is 13.5. The van der Waals surface area contributed by atoms with Crippen molar-refractivity contribution in [3.8, 4) is 5.75 Å². The summed E-state index contributed by atoms with van der Waals surface area (Å²) in [6, 6.07) is 10.4. The van der Waals surface area contributed by atoms with Crippen molar-refractivity contribution in [1.82, 2.24) is 10.2 Å². The fourth-order valence-corrected chi connectivity index (χ4v) is 4.66. The van der Waals surface area contributed by atoms with Crippen molar-refractivity contribution in [2.24, 2.45) is 0 Å². The monoisotopic (exact) mass is 529 g/mol. The summed E-state index contributed by atoms with van der Waals surface area (Å²) in [6.45, 7) is 4.73. The summed E-state index contributed by atoms with van der Waals surface area (Å²) in [7, 11) is -2.36. The number of sulfonamides is 1. The predicted octanol–water partition coefficient (Wildman–Crippen LogP) is 3.71. The zero-order valence-corrected chi connectivity index (χ0v) is 22.0. The van der Waals surface area contributed by atoms with E-state index in [1.807, 2.05) is 13.8 Å². The summed E-state index contributed by atoms with van der Waals surface area (Å²) >= 11 is 12.2. The van der Waals surface area contributed by atoms with Crippen molar-refractivity contribution < 1.29 is 22.7 Å². The van der Waals surface area contributed by atoms with Crippen LogP contribution in [0.4, 0.5) is 5.69 Å². The molecule has 2 amide bonds. The van der Waals surface area contributed by atoms with Crippen LogP contribution in [0.5, 0.6) is 5.75 Å². The number of amides is 2. The lowest BCUT2D eigenvalue weighted by molar-refractivity contribution is -0.139. The molecule has 0 aromatic heterocycles. The minimum absolute atomic E-state index is 0.0642. The fraction of sp³-hybridized carbons (Fsp3) is 0.391. The number of ether oxygens (including phenoxy) is 1. The van der Waals surface area contributed by atoms with Gasteiger partial charge in [-0.2, -0.15) is 0 Å². The highest BCUT2D eigenvalue weighted by molar-refractivity contribution is 7.92. The number of carbonyl (C=O) groups excluding carboxylic acids is 2. The maximum absolute atomic E-state index is 13.5. The van der Waals surface area contributed by atoms with Crippen molar-refractivity contribution >= 4 is 50.7 Å². The molecule has 0 spiro atoms. The van der Waals surface area contributed by atoms with Gasteiger partial charge in [-0.3, -0.25) is 13.9 Å². The zero-order valence-electron chi connectivity index (χ0n) is 19.7. The lowest BCUT2D eigenvalue weighted by Crippen LogP contribution is -2.52. The van der Waals surface area contributed by atoms with Crippen LogP contribution in [0.25, 0.3) is 0 Å². The van der Waals surface area contributed by atoms with Gasteiger partial charge in [0.15, 0.2) is 0 Å². The highest BCUT2D eigenvalue weighted by Crippen LogP contribution is 2.30. The van der Waals surface area contributed by atoms with Crippen molar-refractivity contribution in [2.75, 3.05) is 24.2 Å². The van der Waals surface area contributed by atoms with Gasteiger partial charge in [0.1, 0.15) is 18.3 Å². The first-order valence-corrected chi connectivity index (χ1v) is 13.1. The van der Waals surface area contributed by atoms with Gasteiger partial charge in [0.05, 0.1) is 24.1 Å². The Balaban J connectivity index is 2.44.